The SMILES string of the molecule is CC(C)C1CCC(C(=O)O)C(c2cccc3c2OCC3)C1. The van der Waals surface area contributed by atoms with Crippen LogP contribution in [0.2, 0.25) is 0 Å². The van der Waals surface area contributed by atoms with Crippen LogP contribution in [0.25, 0.3) is 0 Å². The quantitative estimate of drug-likeness (QED) is 0.918. The Bertz CT molecular complexity index is 535. The third-order valence-corrected chi connectivity index (χ3v) is 5.30. The molecule has 114 valence electrons. The highest BCUT2D eigenvalue weighted by atomic mass is 16.5. The second kappa shape index (κ2) is 5.70. The average molecular weight is 288 g/mol. The first-order valence-electron chi connectivity index (χ1n) is 8.05. The Kier molecular flexibility index (Phi) is 3.92. The molecule has 0 amide bonds. The molecule has 0 bridgehead atoms. The van der Waals surface area contributed by atoms with Gasteiger partial charge < -0.3 is 9.84 Å². The molecule has 0 radical (unpaired) electrons. The fourth-order valence-electron chi connectivity index (χ4n) is 3.98. The molecule has 1 aliphatic carbocycles. The molecule has 1 N–H and O–H groups in total. The fourth-order valence-corrected chi connectivity index (χ4v) is 3.98. The van der Waals surface area contributed by atoms with Gasteiger partial charge in [-0.1, -0.05) is 32.0 Å². The molecule has 1 saturated carbocycles. The fraction of sp³-hybridized carbons (Fsp3) is 0.611. The first-order valence-corrected chi connectivity index (χ1v) is 8.05. The first kappa shape index (κ1) is 14.4. The van der Waals surface area contributed by atoms with E-state index in [0.29, 0.717) is 11.8 Å². The zero-order valence-electron chi connectivity index (χ0n) is 12.8. The van der Waals surface area contributed by atoms with Crippen molar-refractivity contribution in [2.45, 2.75) is 45.4 Å². The van der Waals surface area contributed by atoms with E-state index in [1.807, 2.05) is 0 Å². The van der Waals surface area contributed by atoms with Crippen LogP contribution >= 0.6 is 0 Å². The summed E-state index contributed by atoms with van der Waals surface area (Å²) in [4.78, 5) is 11.7. The Morgan fingerprint density at radius 2 is 2.14 bits per heavy atom. The van der Waals surface area contributed by atoms with Crippen molar-refractivity contribution in [1.82, 2.24) is 0 Å². The molecule has 2 aliphatic rings. The van der Waals surface area contributed by atoms with Gasteiger partial charge >= 0.3 is 5.97 Å². The minimum Gasteiger partial charge on any atom is -0.493 e. The standard InChI is InChI=1S/C18H24O3/c1-11(2)13-6-7-15(18(19)20)16(10-13)14-5-3-4-12-8-9-21-17(12)14/h3-5,11,13,15-16H,6-10H2,1-2H3,(H,19,20). The monoisotopic (exact) mass is 288 g/mol. The number of benzene rings is 1. The molecule has 3 nitrogen and oxygen atoms in total. The van der Waals surface area contributed by atoms with E-state index < -0.39 is 5.97 Å². The summed E-state index contributed by atoms with van der Waals surface area (Å²) in [7, 11) is 0. The van der Waals surface area contributed by atoms with Crippen molar-refractivity contribution in [2.24, 2.45) is 17.8 Å². The summed E-state index contributed by atoms with van der Waals surface area (Å²) in [6.45, 7) is 5.22. The summed E-state index contributed by atoms with van der Waals surface area (Å²) < 4.78 is 5.81. The number of fused-ring (bicyclic) bond motifs is 1. The average Bonchev–Trinajstić information content (AvgIpc) is 2.94. The number of ether oxygens (including phenoxy) is 1. The molecule has 1 aliphatic heterocycles. The van der Waals surface area contributed by atoms with Crippen LogP contribution in [0.15, 0.2) is 18.2 Å². The number of carboxylic acids is 1. The van der Waals surface area contributed by atoms with Crippen molar-refractivity contribution in [1.29, 1.82) is 0 Å². The lowest BCUT2D eigenvalue weighted by atomic mass is 9.68. The maximum atomic E-state index is 11.7. The van der Waals surface area contributed by atoms with Crippen molar-refractivity contribution >= 4 is 5.97 Å². The van der Waals surface area contributed by atoms with E-state index in [2.05, 4.69) is 32.0 Å². The van der Waals surface area contributed by atoms with Crippen molar-refractivity contribution in [3.8, 4) is 5.75 Å². The van der Waals surface area contributed by atoms with Crippen LogP contribution in [0.5, 0.6) is 5.75 Å². The number of aliphatic carboxylic acids is 1. The van der Waals surface area contributed by atoms with E-state index in [4.69, 9.17) is 4.74 Å². The van der Waals surface area contributed by atoms with Crippen LogP contribution in [-0.4, -0.2) is 17.7 Å². The minimum atomic E-state index is -0.655. The van der Waals surface area contributed by atoms with E-state index in [9.17, 15) is 9.90 Å². The first-order chi connectivity index (χ1) is 10.1. The lowest BCUT2D eigenvalue weighted by Crippen LogP contribution is -2.31. The summed E-state index contributed by atoms with van der Waals surface area (Å²) in [5, 5.41) is 9.60. The molecule has 1 aromatic rings. The molecule has 3 unspecified atom stereocenters. The van der Waals surface area contributed by atoms with E-state index in [-0.39, 0.29) is 11.8 Å². The molecule has 0 spiro atoms. The predicted molar refractivity (Wildman–Crippen MR) is 81.7 cm³/mol. The number of hydrogen-bond acceptors (Lipinski definition) is 2. The molecule has 3 atom stereocenters. The topological polar surface area (TPSA) is 46.5 Å². The van der Waals surface area contributed by atoms with Gasteiger partial charge in [0.05, 0.1) is 12.5 Å². The van der Waals surface area contributed by atoms with Gasteiger partial charge in [0.1, 0.15) is 5.75 Å². The summed E-state index contributed by atoms with van der Waals surface area (Å²) in [5.41, 5.74) is 2.37. The molecule has 1 heterocycles. The van der Waals surface area contributed by atoms with Crippen LogP contribution < -0.4 is 4.74 Å². The summed E-state index contributed by atoms with van der Waals surface area (Å²) in [6.07, 6.45) is 3.73. The van der Waals surface area contributed by atoms with Gasteiger partial charge in [0.25, 0.3) is 0 Å². The summed E-state index contributed by atoms with van der Waals surface area (Å²) >= 11 is 0. The van der Waals surface area contributed by atoms with E-state index in [0.717, 1.165) is 43.6 Å². The maximum absolute atomic E-state index is 11.7. The molecule has 1 fully saturated rings. The van der Waals surface area contributed by atoms with E-state index >= 15 is 0 Å². The highest BCUT2D eigenvalue weighted by Gasteiger charge is 2.38. The van der Waals surface area contributed by atoms with Gasteiger partial charge in [-0.05, 0) is 42.2 Å². The minimum absolute atomic E-state index is 0.0942. The molecule has 0 aromatic heterocycles. The highest BCUT2D eigenvalue weighted by Crippen LogP contribution is 2.47. The number of para-hydroxylation sites is 1. The lowest BCUT2D eigenvalue weighted by Gasteiger charge is -2.36. The van der Waals surface area contributed by atoms with Crippen molar-refractivity contribution < 1.29 is 14.6 Å². The Labute approximate surface area is 126 Å². The smallest absolute Gasteiger partial charge is 0.307 e. The number of rotatable bonds is 3. The molecule has 3 rings (SSSR count). The van der Waals surface area contributed by atoms with Gasteiger partial charge in [-0.3, -0.25) is 4.79 Å². The Balaban J connectivity index is 1.96. The number of carboxylic acid groups (broad SMARTS) is 1. The van der Waals surface area contributed by atoms with Gasteiger partial charge in [-0.2, -0.15) is 0 Å². The van der Waals surface area contributed by atoms with Crippen LogP contribution in [0.1, 0.15) is 50.2 Å². The van der Waals surface area contributed by atoms with Gasteiger partial charge in [0.15, 0.2) is 0 Å². The largest absolute Gasteiger partial charge is 0.493 e. The van der Waals surface area contributed by atoms with Crippen LogP contribution in [-0.2, 0) is 11.2 Å². The Morgan fingerprint density at radius 3 is 2.86 bits per heavy atom. The number of carbonyl (C=O) groups is 1. The van der Waals surface area contributed by atoms with Crippen LogP contribution in [0.4, 0.5) is 0 Å². The molecular weight excluding hydrogens is 264 g/mol. The van der Waals surface area contributed by atoms with Crippen molar-refractivity contribution in [2.75, 3.05) is 6.61 Å². The lowest BCUT2D eigenvalue weighted by molar-refractivity contribution is -0.144. The second-order valence-electron chi connectivity index (χ2n) is 6.80. The van der Waals surface area contributed by atoms with Crippen LogP contribution in [0.3, 0.4) is 0 Å². The summed E-state index contributed by atoms with van der Waals surface area (Å²) in [5.74, 6) is 1.37. The van der Waals surface area contributed by atoms with E-state index in [1.54, 1.807) is 0 Å². The third-order valence-electron chi connectivity index (χ3n) is 5.30. The summed E-state index contributed by atoms with van der Waals surface area (Å²) in [6, 6.07) is 6.23. The van der Waals surface area contributed by atoms with Gasteiger partial charge in [-0.15, -0.1) is 0 Å². The van der Waals surface area contributed by atoms with Gasteiger partial charge in [0, 0.05) is 12.3 Å². The van der Waals surface area contributed by atoms with Crippen LogP contribution in [0, 0.1) is 17.8 Å². The molecule has 0 saturated heterocycles. The van der Waals surface area contributed by atoms with Crippen molar-refractivity contribution in [3.05, 3.63) is 29.3 Å². The maximum Gasteiger partial charge on any atom is 0.307 e. The number of hydrogen-bond donors (Lipinski definition) is 1. The zero-order valence-corrected chi connectivity index (χ0v) is 12.8. The van der Waals surface area contributed by atoms with Gasteiger partial charge in [0.2, 0.25) is 0 Å². The third kappa shape index (κ3) is 2.66. The molecule has 3 heteroatoms. The predicted octanol–water partition coefficient (Wildman–Crippen LogP) is 3.86. The molecule has 21 heavy (non-hydrogen) atoms. The molecular formula is C18H24O3. The highest BCUT2D eigenvalue weighted by molar-refractivity contribution is 5.72. The van der Waals surface area contributed by atoms with E-state index in [1.165, 1.54) is 5.56 Å². The van der Waals surface area contributed by atoms with Gasteiger partial charge in [-0.25, -0.2) is 0 Å². The Hall–Kier alpha value is -1.51. The second-order valence-corrected chi connectivity index (χ2v) is 6.80. The zero-order chi connectivity index (χ0) is 15.0. The molecule has 1 aromatic carbocycles. The normalized spacial score (nSPS) is 28.2. The van der Waals surface area contributed by atoms with Crippen molar-refractivity contribution in [3.63, 3.8) is 0 Å². The Morgan fingerprint density at radius 1 is 1.33 bits per heavy atom.